The van der Waals surface area contributed by atoms with Crippen LogP contribution in [-0.4, -0.2) is 60.7 Å². The Balaban J connectivity index is 2.70. The number of hydrogen-bond acceptors (Lipinski definition) is 6. The zero-order valence-electron chi connectivity index (χ0n) is 13.1. The van der Waals surface area contributed by atoms with Crippen molar-refractivity contribution in [3.63, 3.8) is 0 Å². The highest BCUT2D eigenvalue weighted by Crippen LogP contribution is 2.16. The Morgan fingerprint density at radius 1 is 1.38 bits per heavy atom. The van der Waals surface area contributed by atoms with E-state index in [1.54, 1.807) is 27.7 Å². The number of hydrogen-bond donors (Lipinski definition) is 1. The second-order valence-electron chi connectivity index (χ2n) is 5.77. The standard InChI is InChI=1S/C14H24N2O5/c1-5-20-12(17)8-10(15)11-9-19-7-6-16(11)13(18)21-14(2,3)4/h11,15H,5-9H2,1-4H3/t11-/m0/s1. The Morgan fingerprint density at radius 3 is 2.62 bits per heavy atom. The predicted octanol–water partition coefficient (Wildman–Crippen LogP) is 1.60. The van der Waals surface area contributed by atoms with E-state index in [2.05, 4.69) is 0 Å². The van der Waals surface area contributed by atoms with Gasteiger partial charge in [0.25, 0.3) is 0 Å². The van der Waals surface area contributed by atoms with E-state index in [1.807, 2.05) is 0 Å². The summed E-state index contributed by atoms with van der Waals surface area (Å²) in [6.45, 7) is 8.24. The summed E-state index contributed by atoms with van der Waals surface area (Å²) in [5, 5.41) is 8.02. The van der Waals surface area contributed by atoms with Crippen LogP contribution in [0.3, 0.4) is 0 Å². The minimum Gasteiger partial charge on any atom is -0.466 e. The van der Waals surface area contributed by atoms with Gasteiger partial charge in [-0.3, -0.25) is 9.69 Å². The molecule has 1 aliphatic heterocycles. The lowest BCUT2D eigenvalue weighted by Crippen LogP contribution is -2.54. The monoisotopic (exact) mass is 300 g/mol. The summed E-state index contributed by atoms with van der Waals surface area (Å²) in [6, 6.07) is -0.585. The molecule has 1 rings (SSSR count). The molecule has 1 N–H and O–H groups in total. The lowest BCUT2D eigenvalue weighted by Gasteiger charge is -2.36. The molecule has 7 heteroatoms. The number of amides is 1. The molecular weight excluding hydrogens is 276 g/mol. The van der Waals surface area contributed by atoms with Crippen LogP contribution in [0, 0.1) is 5.41 Å². The lowest BCUT2D eigenvalue weighted by molar-refractivity contribution is -0.141. The first-order valence-electron chi connectivity index (χ1n) is 7.05. The van der Waals surface area contributed by atoms with Crippen molar-refractivity contribution in [1.82, 2.24) is 4.90 Å². The van der Waals surface area contributed by atoms with Gasteiger partial charge in [0.05, 0.1) is 32.3 Å². The highest BCUT2D eigenvalue weighted by Gasteiger charge is 2.34. The second kappa shape index (κ2) is 7.40. The third-order valence-electron chi connectivity index (χ3n) is 2.80. The van der Waals surface area contributed by atoms with Crippen molar-refractivity contribution >= 4 is 17.8 Å². The van der Waals surface area contributed by atoms with Gasteiger partial charge < -0.3 is 19.6 Å². The minimum absolute atomic E-state index is 0.0963. The maximum absolute atomic E-state index is 12.2. The van der Waals surface area contributed by atoms with Crippen molar-refractivity contribution in [2.24, 2.45) is 0 Å². The first kappa shape index (κ1) is 17.4. The van der Waals surface area contributed by atoms with Crippen LogP contribution < -0.4 is 0 Å². The Morgan fingerprint density at radius 2 is 2.05 bits per heavy atom. The van der Waals surface area contributed by atoms with E-state index in [-0.39, 0.29) is 25.3 Å². The zero-order valence-corrected chi connectivity index (χ0v) is 13.1. The molecule has 120 valence electrons. The topological polar surface area (TPSA) is 88.9 Å². The van der Waals surface area contributed by atoms with Gasteiger partial charge in [-0.05, 0) is 27.7 Å². The first-order valence-corrected chi connectivity index (χ1v) is 7.05. The summed E-state index contributed by atoms with van der Waals surface area (Å²) in [4.78, 5) is 25.1. The number of ether oxygens (including phenoxy) is 3. The van der Waals surface area contributed by atoms with E-state index in [1.165, 1.54) is 4.90 Å². The summed E-state index contributed by atoms with van der Waals surface area (Å²) in [7, 11) is 0. The molecule has 1 aliphatic rings. The SMILES string of the molecule is CCOC(=O)CC(=N)[C@@H]1COCCN1C(=O)OC(C)(C)C. The van der Waals surface area contributed by atoms with E-state index >= 15 is 0 Å². The van der Waals surface area contributed by atoms with Crippen molar-refractivity contribution in [2.45, 2.75) is 45.8 Å². The Bertz CT molecular complexity index is 403. The maximum atomic E-state index is 12.2. The molecule has 1 atom stereocenters. The van der Waals surface area contributed by atoms with Gasteiger partial charge in [0.2, 0.25) is 0 Å². The second-order valence-corrected chi connectivity index (χ2v) is 5.77. The van der Waals surface area contributed by atoms with Crippen LogP contribution >= 0.6 is 0 Å². The van der Waals surface area contributed by atoms with E-state index in [0.29, 0.717) is 13.2 Å². The van der Waals surface area contributed by atoms with Gasteiger partial charge >= 0.3 is 12.1 Å². The predicted molar refractivity (Wildman–Crippen MR) is 76.5 cm³/mol. The molecule has 0 aliphatic carbocycles. The summed E-state index contributed by atoms with van der Waals surface area (Å²) in [6.07, 6.45) is -0.648. The molecule has 0 aromatic rings. The van der Waals surface area contributed by atoms with E-state index < -0.39 is 23.7 Å². The molecule has 0 saturated carbocycles. The molecule has 0 radical (unpaired) electrons. The molecular formula is C14H24N2O5. The molecule has 0 spiro atoms. The number of morpholine rings is 1. The number of carbonyl (C=O) groups excluding carboxylic acids is 2. The van der Waals surface area contributed by atoms with Crippen LogP contribution in [0.15, 0.2) is 0 Å². The van der Waals surface area contributed by atoms with Crippen molar-refractivity contribution < 1.29 is 23.8 Å². The minimum atomic E-state index is -0.608. The first-order chi connectivity index (χ1) is 9.74. The van der Waals surface area contributed by atoms with Crippen LogP contribution in [0.2, 0.25) is 0 Å². The fourth-order valence-corrected chi connectivity index (χ4v) is 1.92. The Labute approximate surface area is 125 Å². The molecule has 7 nitrogen and oxygen atoms in total. The molecule has 1 saturated heterocycles. The van der Waals surface area contributed by atoms with Gasteiger partial charge in [-0.25, -0.2) is 4.79 Å². The van der Waals surface area contributed by atoms with Crippen molar-refractivity contribution in [1.29, 1.82) is 5.41 Å². The summed E-state index contributed by atoms with van der Waals surface area (Å²) in [5.74, 6) is -0.475. The number of esters is 1. The third-order valence-corrected chi connectivity index (χ3v) is 2.80. The molecule has 1 fully saturated rings. The van der Waals surface area contributed by atoms with Crippen LogP contribution in [0.25, 0.3) is 0 Å². The van der Waals surface area contributed by atoms with Gasteiger partial charge in [0.1, 0.15) is 5.60 Å². The number of carbonyl (C=O) groups is 2. The lowest BCUT2D eigenvalue weighted by atomic mass is 10.1. The molecule has 1 amide bonds. The van der Waals surface area contributed by atoms with Gasteiger partial charge in [-0.1, -0.05) is 0 Å². The highest BCUT2D eigenvalue weighted by atomic mass is 16.6. The van der Waals surface area contributed by atoms with Crippen LogP contribution in [-0.2, 0) is 19.0 Å². The Kier molecular flexibility index (Phi) is 6.14. The van der Waals surface area contributed by atoms with Gasteiger partial charge in [-0.15, -0.1) is 0 Å². The van der Waals surface area contributed by atoms with Crippen molar-refractivity contribution in [3.8, 4) is 0 Å². The fourth-order valence-electron chi connectivity index (χ4n) is 1.92. The normalized spacial score (nSPS) is 19.0. The molecule has 21 heavy (non-hydrogen) atoms. The van der Waals surface area contributed by atoms with Crippen molar-refractivity contribution in [3.05, 3.63) is 0 Å². The fraction of sp³-hybridized carbons (Fsp3) is 0.786. The third kappa shape index (κ3) is 5.71. The van der Waals surface area contributed by atoms with Crippen LogP contribution in [0.5, 0.6) is 0 Å². The summed E-state index contributed by atoms with van der Waals surface area (Å²) < 4.78 is 15.5. The maximum Gasteiger partial charge on any atom is 0.411 e. The quantitative estimate of drug-likeness (QED) is 0.629. The molecule has 0 aromatic carbocycles. The Hall–Kier alpha value is -1.63. The zero-order chi connectivity index (χ0) is 16.0. The van der Waals surface area contributed by atoms with Crippen LogP contribution in [0.1, 0.15) is 34.1 Å². The van der Waals surface area contributed by atoms with Gasteiger partial charge in [0, 0.05) is 12.3 Å². The number of nitrogens with zero attached hydrogens (tertiary/aromatic N) is 1. The van der Waals surface area contributed by atoms with Crippen LogP contribution in [0.4, 0.5) is 4.79 Å². The number of rotatable bonds is 4. The molecule has 0 bridgehead atoms. The van der Waals surface area contributed by atoms with Crippen molar-refractivity contribution in [2.75, 3.05) is 26.4 Å². The average molecular weight is 300 g/mol. The van der Waals surface area contributed by atoms with Gasteiger partial charge in [-0.2, -0.15) is 0 Å². The van der Waals surface area contributed by atoms with E-state index in [4.69, 9.17) is 19.6 Å². The van der Waals surface area contributed by atoms with Gasteiger partial charge in [0.15, 0.2) is 0 Å². The summed E-state index contributed by atoms with van der Waals surface area (Å²) >= 11 is 0. The number of nitrogens with one attached hydrogen (secondary N) is 1. The highest BCUT2D eigenvalue weighted by molar-refractivity contribution is 6.01. The molecule has 0 unspecified atom stereocenters. The smallest absolute Gasteiger partial charge is 0.411 e. The average Bonchev–Trinajstić information content (AvgIpc) is 2.36. The van der Waals surface area contributed by atoms with E-state index in [9.17, 15) is 9.59 Å². The molecule has 0 aromatic heterocycles. The largest absolute Gasteiger partial charge is 0.466 e. The van der Waals surface area contributed by atoms with E-state index in [0.717, 1.165) is 0 Å². The summed E-state index contributed by atoms with van der Waals surface area (Å²) in [5.41, 5.74) is -0.512. The molecule has 1 heterocycles.